The monoisotopic (exact) mass is 150 g/mol. The first-order valence-corrected chi connectivity index (χ1v) is 3.61. The molecule has 0 aliphatic rings. The van der Waals surface area contributed by atoms with Crippen LogP contribution in [0.3, 0.4) is 0 Å². The van der Waals surface area contributed by atoms with Crippen LogP contribution in [-0.2, 0) is 4.79 Å². The number of rotatable bonds is 4. The van der Waals surface area contributed by atoms with Crippen LogP contribution in [0.5, 0.6) is 0 Å². The van der Waals surface area contributed by atoms with Crippen LogP contribution in [0.4, 0.5) is 0 Å². The molecule has 11 heavy (non-hydrogen) atoms. The summed E-state index contributed by atoms with van der Waals surface area (Å²) >= 11 is 0. The molecular formula is C10H14O. The molecule has 0 aliphatic heterocycles. The molecule has 0 aromatic rings. The summed E-state index contributed by atoms with van der Waals surface area (Å²) in [5, 5.41) is 0. The van der Waals surface area contributed by atoms with E-state index in [4.69, 9.17) is 0 Å². The Kier molecular flexibility index (Phi) is 5.09. The van der Waals surface area contributed by atoms with Crippen LogP contribution in [-0.4, -0.2) is 5.78 Å². The fraction of sp³-hybridized carbons (Fsp3) is 0.300. The van der Waals surface area contributed by atoms with Gasteiger partial charge >= 0.3 is 0 Å². The normalized spacial score (nSPS) is 11.1. The SMILES string of the molecule is C=C(C)/C=C\C=C/CC(C)=O. The lowest BCUT2D eigenvalue weighted by molar-refractivity contribution is -0.116. The molecule has 0 heterocycles. The molecule has 0 atom stereocenters. The third-order valence-corrected chi connectivity index (χ3v) is 1.03. The number of allylic oxidation sites excluding steroid dienone is 5. The lowest BCUT2D eigenvalue weighted by atomic mass is 10.2. The van der Waals surface area contributed by atoms with Crippen molar-refractivity contribution >= 4 is 5.78 Å². The molecule has 0 fully saturated rings. The van der Waals surface area contributed by atoms with Gasteiger partial charge in [-0.2, -0.15) is 0 Å². The Morgan fingerprint density at radius 1 is 1.36 bits per heavy atom. The van der Waals surface area contributed by atoms with Crippen molar-refractivity contribution < 1.29 is 4.79 Å². The van der Waals surface area contributed by atoms with Crippen molar-refractivity contribution in [3.05, 3.63) is 36.5 Å². The lowest BCUT2D eigenvalue weighted by Gasteiger charge is -1.82. The van der Waals surface area contributed by atoms with Crippen LogP contribution in [0.25, 0.3) is 0 Å². The van der Waals surface area contributed by atoms with E-state index < -0.39 is 0 Å². The molecule has 0 unspecified atom stereocenters. The van der Waals surface area contributed by atoms with E-state index in [2.05, 4.69) is 6.58 Å². The summed E-state index contributed by atoms with van der Waals surface area (Å²) in [5.74, 6) is 0.185. The molecule has 0 N–H and O–H groups in total. The first-order chi connectivity index (χ1) is 5.13. The zero-order chi connectivity index (χ0) is 8.69. The van der Waals surface area contributed by atoms with Crippen molar-refractivity contribution in [2.45, 2.75) is 20.3 Å². The van der Waals surface area contributed by atoms with Crippen LogP contribution in [0.2, 0.25) is 0 Å². The molecule has 1 heteroatoms. The summed E-state index contributed by atoms with van der Waals surface area (Å²) in [5.41, 5.74) is 1.01. The van der Waals surface area contributed by atoms with Gasteiger partial charge < -0.3 is 0 Å². The predicted octanol–water partition coefficient (Wildman–Crippen LogP) is 2.65. The minimum atomic E-state index is 0.185. The Hall–Kier alpha value is -1.11. The minimum absolute atomic E-state index is 0.185. The number of hydrogen-bond donors (Lipinski definition) is 0. The van der Waals surface area contributed by atoms with Crippen molar-refractivity contribution in [1.82, 2.24) is 0 Å². The standard InChI is InChI=1S/C10H14O/c1-9(2)7-5-4-6-8-10(3)11/h4-7H,1,8H2,2-3H3/b6-4-,7-5-. The second-order valence-electron chi connectivity index (χ2n) is 2.54. The van der Waals surface area contributed by atoms with Gasteiger partial charge in [-0.05, 0) is 13.8 Å². The Labute approximate surface area is 68.1 Å². The van der Waals surface area contributed by atoms with E-state index in [1.165, 1.54) is 0 Å². The van der Waals surface area contributed by atoms with Gasteiger partial charge in [0.25, 0.3) is 0 Å². The molecule has 1 nitrogen and oxygen atoms in total. The topological polar surface area (TPSA) is 17.1 Å². The van der Waals surface area contributed by atoms with E-state index >= 15 is 0 Å². The second kappa shape index (κ2) is 5.66. The highest BCUT2D eigenvalue weighted by Crippen LogP contribution is 1.90. The van der Waals surface area contributed by atoms with Crippen molar-refractivity contribution in [3.8, 4) is 0 Å². The third kappa shape index (κ3) is 8.89. The lowest BCUT2D eigenvalue weighted by Crippen LogP contribution is -1.83. The van der Waals surface area contributed by atoms with E-state index in [0.29, 0.717) is 6.42 Å². The third-order valence-electron chi connectivity index (χ3n) is 1.03. The van der Waals surface area contributed by atoms with Gasteiger partial charge in [-0.15, -0.1) is 0 Å². The Balaban J connectivity index is 3.60. The zero-order valence-corrected chi connectivity index (χ0v) is 7.13. The van der Waals surface area contributed by atoms with Gasteiger partial charge in [0.05, 0.1) is 0 Å². The van der Waals surface area contributed by atoms with Crippen molar-refractivity contribution in [3.63, 3.8) is 0 Å². The predicted molar refractivity (Wildman–Crippen MR) is 48.4 cm³/mol. The maximum Gasteiger partial charge on any atom is 0.133 e. The molecule has 60 valence electrons. The number of ketones is 1. The molecule has 0 aromatic carbocycles. The molecule has 0 bridgehead atoms. The largest absolute Gasteiger partial charge is 0.300 e. The number of hydrogen-bond acceptors (Lipinski definition) is 1. The average Bonchev–Trinajstić information content (AvgIpc) is 1.85. The van der Waals surface area contributed by atoms with Crippen LogP contribution >= 0.6 is 0 Å². The molecule has 0 aromatic heterocycles. The molecular weight excluding hydrogens is 136 g/mol. The number of carbonyl (C=O) groups is 1. The first-order valence-electron chi connectivity index (χ1n) is 3.61. The van der Waals surface area contributed by atoms with Crippen LogP contribution in [0, 0.1) is 0 Å². The van der Waals surface area contributed by atoms with Crippen LogP contribution < -0.4 is 0 Å². The quantitative estimate of drug-likeness (QED) is 0.563. The van der Waals surface area contributed by atoms with E-state index in [9.17, 15) is 4.79 Å². The van der Waals surface area contributed by atoms with Crippen molar-refractivity contribution in [1.29, 1.82) is 0 Å². The molecule has 0 saturated heterocycles. The van der Waals surface area contributed by atoms with Crippen molar-refractivity contribution in [2.75, 3.05) is 0 Å². The zero-order valence-electron chi connectivity index (χ0n) is 7.13. The number of carbonyl (C=O) groups excluding carboxylic acids is 1. The highest BCUT2D eigenvalue weighted by atomic mass is 16.1. The minimum Gasteiger partial charge on any atom is -0.300 e. The van der Waals surface area contributed by atoms with E-state index in [1.54, 1.807) is 6.92 Å². The fourth-order valence-corrected chi connectivity index (χ4v) is 0.532. The summed E-state index contributed by atoms with van der Waals surface area (Å²) < 4.78 is 0. The molecule has 0 amide bonds. The summed E-state index contributed by atoms with van der Waals surface area (Å²) in [6.07, 6.45) is 7.99. The average molecular weight is 150 g/mol. The summed E-state index contributed by atoms with van der Waals surface area (Å²) in [6.45, 7) is 7.20. The number of Topliss-reactive ketones (excluding diaryl/α,β-unsaturated/α-hetero) is 1. The van der Waals surface area contributed by atoms with Crippen LogP contribution in [0.1, 0.15) is 20.3 Å². The maximum absolute atomic E-state index is 10.4. The van der Waals surface area contributed by atoms with E-state index in [0.717, 1.165) is 5.57 Å². The first kappa shape index (κ1) is 9.89. The molecule has 0 aliphatic carbocycles. The van der Waals surface area contributed by atoms with Gasteiger partial charge in [-0.25, -0.2) is 0 Å². The van der Waals surface area contributed by atoms with Gasteiger partial charge in [0, 0.05) is 6.42 Å². The summed E-state index contributed by atoms with van der Waals surface area (Å²) in [7, 11) is 0. The summed E-state index contributed by atoms with van der Waals surface area (Å²) in [4.78, 5) is 10.4. The molecule has 0 radical (unpaired) electrons. The molecule has 0 spiro atoms. The van der Waals surface area contributed by atoms with Gasteiger partial charge in [0.15, 0.2) is 0 Å². The highest BCUT2D eigenvalue weighted by Gasteiger charge is 1.82. The van der Waals surface area contributed by atoms with Gasteiger partial charge in [-0.3, -0.25) is 4.79 Å². The van der Waals surface area contributed by atoms with Crippen LogP contribution in [0.15, 0.2) is 36.5 Å². The van der Waals surface area contributed by atoms with Gasteiger partial charge in [0.2, 0.25) is 0 Å². The van der Waals surface area contributed by atoms with Gasteiger partial charge in [0.1, 0.15) is 5.78 Å². The molecule has 0 rings (SSSR count). The highest BCUT2D eigenvalue weighted by molar-refractivity contribution is 5.77. The Morgan fingerprint density at radius 2 is 2.00 bits per heavy atom. The smallest absolute Gasteiger partial charge is 0.133 e. The Bertz CT molecular complexity index is 197. The summed E-state index contributed by atoms with van der Waals surface area (Å²) in [6, 6.07) is 0. The van der Waals surface area contributed by atoms with E-state index in [1.807, 2.05) is 31.2 Å². The molecule has 0 saturated carbocycles. The second-order valence-corrected chi connectivity index (χ2v) is 2.54. The van der Waals surface area contributed by atoms with Gasteiger partial charge in [-0.1, -0.05) is 36.5 Å². The van der Waals surface area contributed by atoms with E-state index in [-0.39, 0.29) is 5.78 Å². The maximum atomic E-state index is 10.4. The Morgan fingerprint density at radius 3 is 2.45 bits per heavy atom. The fourth-order valence-electron chi connectivity index (χ4n) is 0.532. The van der Waals surface area contributed by atoms with Crippen molar-refractivity contribution in [2.24, 2.45) is 0 Å².